The van der Waals surface area contributed by atoms with E-state index in [1.54, 1.807) is 11.3 Å². The molecule has 18 heavy (non-hydrogen) atoms. The van der Waals surface area contributed by atoms with Crippen LogP contribution in [-0.2, 0) is 6.54 Å². The number of aryl methyl sites for hydroxylation is 1. The zero-order valence-corrected chi connectivity index (χ0v) is 12.0. The second-order valence-electron chi connectivity index (χ2n) is 4.43. The predicted molar refractivity (Wildman–Crippen MR) is 75.1 cm³/mol. The topological polar surface area (TPSA) is 41.3 Å². The van der Waals surface area contributed by atoms with Gasteiger partial charge in [0, 0.05) is 18.5 Å². The molecule has 2 rings (SSSR count). The Morgan fingerprint density at radius 2 is 2.28 bits per heavy atom. The van der Waals surface area contributed by atoms with Gasteiger partial charge < -0.3 is 14.6 Å². The summed E-state index contributed by atoms with van der Waals surface area (Å²) < 4.78 is 5.57. The molecule has 2 aromatic rings. The van der Waals surface area contributed by atoms with E-state index in [2.05, 4.69) is 27.5 Å². The predicted octanol–water partition coefficient (Wildman–Crippen LogP) is 2.96. The van der Waals surface area contributed by atoms with E-state index in [4.69, 9.17) is 4.42 Å². The summed E-state index contributed by atoms with van der Waals surface area (Å²) in [6, 6.07) is 4.28. The quantitative estimate of drug-likeness (QED) is 0.902. The summed E-state index contributed by atoms with van der Waals surface area (Å²) in [6.07, 6.45) is 0. The van der Waals surface area contributed by atoms with Gasteiger partial charge in [0.15, 0.2) is 5.13 Å². The number of nitrogens with one attached hydrogen (secondary N) is 1. The normalized spacial score (nSPS) is 12.7. The van der Waals surface area contributed by atoms with Crippen molar-refractivity contribution in [1.29, 1.82) is 0 Å². The summed E-state index contributed by atoms with van der Waals surface area (Å²) in [5.41, 5.74) is 1.08. The maximum atomic E-state index is 5.57. The van der Waals surface area contributed by atoms with Gasteiger partial charge in [0.25, 0.3) is 0 Å². The fourth-order valence-electron chi connectivity index (χ4n) is 1.67. The van der Waals surface area contributed by atoms with Gasteiger partial charge >= 0.3 is 0 Å². The van der Waals surface area contributed by atoms with Crippen LogP contribution < -0.4 is 10.2 Å². The molecule has 1 unspecified atom stereocenters. The number of nitrogens with zero attached hydrogens (tertiary/aromatic N) is 2. The van der Waals surface area contributed by atoms with Gasteiger partial charge in [0.2, 0.25) is 0 Å². The van der Waals surface area contributed by atoms with Crippen molar-refractivity contribution in [3.8, 4) is 0 Å². The molecule has 5 heteroatoms. The molecule has 0 aliphatic carbocycles. The van der Waals surface area contributed by atoms with Crippen molar-refractivity contribution in [2.45, 2.75) is 26.4 Å². The Balaban J connectivity index is 2.04. The van der Waals surface area contributed by atoms with Crippen molar-refractivity contribution in [3.05, 3.63) is 34.7 Å². The molecule has 0 saturated carbocycles. The Bertz CT molecular complexity index is 506. The minimum Gasteiger partial charge on any atom is -0.464 e. The minimum atomic E-state index is 0.286. The second-order valence-corrected chi connectivity index (χ2v) is 5.27. The Morgan fingerprint density at radius 3 is 2.89 bits per heavy atom. The number of anilines is 1. The van der Waals surface area contributed by atoms with Crippen LogP contribution >= 0.6 is 11.3 Å². The maximum Gasteiger partial charge on any atom is 0.185 e. The molecule has 2 aromatic heterocycles. The summed E-state index contributed by atoms with van der Waals surface area (Å²) in [5, 5.41) is 6.31. The molecule has 0 fully saturated rings. The maximum absolute atomic E-state index is 5.57. The number of rotatable bonds is 5. The molecular formula is C13H19N3OS. The molecule has 4 nitrogen and oxygen atoms in total. The number of hydrogen-bond donors (Lipinski definition) is 1. The first-order valence-corrected chi connectivity index (χ1v) is 6.87. The zero-order valence-electron chi connectivity index (χ0n) is 11.2. The van der Waals surface area contributed by atoms with Crippen LogP contribution in [0.1, 0.15) is 30.2 Å². The highest BCUT2D eigenvalue weighted by Crippen LogP contribution is 2.24. The molecule has 1 atom stereocenters. The molecule has 0 aliphatic rings. The molecule has 0 aliphatic heterocycles. The van der Waals surface area contributed by atoms with Crippen molar-refractivity contribution in [2.75, 3.05) is 19.0 Å². The number of hydrogen-bond acceptors (Lipinski definition) is 5. The second kappa shape index (κ2) is 5.54. The fourth-order valence-corrected chi connectivity index (χ4v) is 2.56. The third-order valence-corrected chi connectivity index (χ3v) is 3.88. The van der Waals surface area contributed by atoms with Crippen molar-refractivity contribution < 1.29 is 4.42 Å². The van der Waals surface area contributed by atoms with Gasteiger partial charge in [0.05, 0.1) is 12.2 Å². The van der Waals surface area contributed by atoms with Crippen LogP contribution in [0.2, 0.25) is 0 Å². The lowest BCUT2D eigenvalue weighted by Crippen LogP contribution is -2.17. The van der Waals surface area contributed by atoms with Crippen LogP contribution in [-0.4, -0.2) is 19.1 Å². The van der Waals surface area contributed by atoms with E-state index in [1.807, 2.05) is 33.2 Å². The van der Waals surface area contributed by atoms with E-state index in [1.165, 1.54) is 0 Å². The fraction of sp³-hybridized carbons (Fsp3) is 0.462. The molecule has 2 heterocycles. The molecular weight excluding hydrogens is 246 g/mol. The van der Waals surface area contributed by atoms with Crippen LogP contribution in [0.4, 0.5) is 5.13 Å². The summed E-state index contributed by atoms with van der Waals surface area (Å²) in [6.45, 7) is 4.81. The van der Waals surface area contributed by atoms with E-state index >= 15 is 0 Å². The molecule has 1 N–H and O–H groups in total. The Hall–Kier alpha value is -1.33. The van der Waals surface area contributed by atoms with Gasteiger partial charge in [-0.15, -0.1) is 11.3 Å². The lowest BCUT2D eigenvalue weighted by molar-refractivity contribution is 0.481. The smallest absolute Gasteiger partial charge is 0.185 e. The largest absolute Gasteiger partial charge is 0.464 e. The van der Waals surface area contributed by atoms with E-state index < -0.39 is 0 Å². The minimum absolute atomic E-state index is 0.286. The first-order chi connectivity index (χ1) is 8.60. The van der Waals surface area contributed by atoms with Gasteiger partial charge in [-0.05, 0) is 33.0 Å². The summed E-state index contributed by atoms with van der Waals surface area (Å²) in [4.78, 5) is 6.73. The van der Waals surface area contributed by atoms with Crippen LogP contribution in [0.25, 0.3) is 0 Å². The van der Waals surface area contributed by atoms with E-state index in [0.717, 1.165) is 28.9 Å². The highest BCUT2D eigenvalue weighted by atomic mass is 32.1. The number of thiazole rings is 1. The monoisotopic (exact) mass is 265 g/mol. The Kier molecular flexibility index (Phi) is 4.04. The number of furan rings is 1. The third-order valence-electron chi connectivity index (χ3n) is 2.90. The van der Waals surface area contributed by atoms with Crippen LogP contribution in [0, 0.1) is 6.92 Å². The molecule has 0 saturated heterocycles. The van der Waals surface area contributed by atoms with Crippen molar-refractivity contribution in [1.82, 2.24) is 10.3 Å². The molecule has 0 aromatic carbocycles. The van der Waals surface area contributed by atoms with Crippen LogP contribution in [0.3, 0.4) is 0 Å². The summed E-state index contributed by atoms with van der Waals surface area (Å²) >= 11 is 1.66. The Labute approximate surface area is 112 Å². The summed E-state index contributed by atoms with van der Waals surface area (Å²) in [5.74, 6) is 1.91. The van der Waals surface area contributed by atoms with Crippen molar-refractivity contribution >= 4 is 16.5 Å². The Morgan fingerprint density at radius 1 is 1.50 bits per heavy atom. The van der Waals surface area contributed by atoms with Gasteiger partial charge in [-0.3, -0.25) is 0 Å². The molecule has 98 valence electrons. The SMILES string of the molecule is CNC(C)c1csc(N(C)Cc2ccc(C)o2)n1. The average molecular weight is 265 g/mol. The number of aromatic nitrogens is 1. The third kappa shape index (κ3) is 2.91. The lowest BCUT2D eigenvalue weighted by Gasteiger charge is -2.14. The van der Waals surface area contributed by atoms with E-state index in [0.29, 0.717) is 0 Å². The average Bonchev–Trinajstić information content (AvgIpc) is 2.97. The van der Waals surface area contributed by atoms with Crippen LogP contribution in [0.15, 0.2) is 21.9 Å². The van der Waals surface area contributed by atoms with Crippen molar-refractivity contribution in [2.24, 2.45) is 0 Å². The highest BCUT2D eigenvalue weighted by molar-refractivity contribution is 7.13. The molecule has 0 bridgehead atoms. The van der Waals surface area contributed by atoms with Gasteiger partial charge in [-0.2, -0.15) is 0 Å². The molecule has 0 spiro atoms. The first kappa shape index (κ1) is 13.1. The molecule has 0 radical (unpaired) electrons. The zero-order chi connectivity index (χ0) is 13.1. The summed E-state index contributed by atoms with van der Waals surface area (Å²) in [7, 11) is 3.98. The van der Waals surface area contributed by atoms with Crippen LogP contribution in [0.5, 0.6) is 0 Å². The first-order valence-electron chi connectivity index (χ1n) is 5.99. The van der Waals surface area contributed by atoms with Gasteiger partial charge in [-0.1, -0.05) is 0 Å². The highest BCUT2D eigenvalue weighted by Gasteiger charge is 2.12. The lowest BCUT2D eigenvalue weighted by atomic mass is 10.3. The van der Waals surface area contributed by atoms with E-state index in [9.17, 15) is 0 Å². The standard InChI is InChI=1S/C13H19N3OS/c1-9-5-6-11(17-9)7-16(4)13-15-12(8-18-13)10(2)14-3/h5-6,8,10,14H,7H2,1-4H3. The van der Waals surface area contributed by atoms with Gasteiger partial charge in [-0.25, -0.2) is 4.98 Å². The van der Waals surface area contributed by atoms with Gasteiger partial charge in [0.1, 0.15) is 11.5 Å². The van der Waals surface area contributed by atoms with E-state index in [-0.39, 0.29) is 6.04 Å². The molecule has 0 amide bonds. The van der Waals surface area contributed by atoms with Crippen molar-refractivity contribution in [3.63, 3.8) is 0 Å².